The van der Waals surface area contributed by atoms with Crippen molar-refractivity contribution in [3.05, 3.63) is 47.9 Å². The van der Waals surface area contributed by atoms with E-state index >= 15 is 0 Å². The Morgan fingerprint density at radius 1 is 1.29 bits per heavy atom. The molecule has 1 unspecified atom stereocenters. The van der Waals surface area contributed by atoms with Gasteiger partial charge in [-0.2, -0.15) is 5.10 Å². The van der Waals surface area contributed by atoms with E-state index in [1.165, 1.54) is 17.6 Å². The normalized spacial score (nSPS) is 20.7. The number of carbonyl (C=O) groups excluding carboxylic acids is 1. The number of aromatic nitrogens is 3. The zero-order chi connectivity index (χ0) is 21.6. The van der Waals surface area contributed by atoms with Crippen LogP contribution in [0, 0.1) is 0 Å². The van der Waals surface area contributed by atoms with Crippen LogP contribution in [0.5, 0.6) is 5.75 Å². The van der Waals surface area contributed by atoms with Crippen LogP contribution >= 0.6 is 0 Å². The van der Waals surface area contributed by atoms with Crippen LogP contribution in [0.1, 0.15) is 22.8 Å². The molecule has 2 aliphatic rings. The number of anilines is 2. The van der Waals surface area contributed by atoms with Crippen LogP contribution in [0.2, 0.25) is 0 Å². The molecule has 31 heavy (non-hydrogen) atoms. The molecule has 1 aromatic carbocycles. The van der Waals surface area contributed by atoms with Gasteiger partial charge in [0.1, 0.15) is 11.3 Å². The monoisotopic (exact) mass is 429 g/mol. The summed E-state index contributed by atoms with van der Waals surface area (Å²) in [5.41, 5.74) is 1.04. The number of nitrogens with zero attached hydrogens (tertiary/aromatic N) is 4. The number of morpholine rings is 1. The van der Waals surface area contributed by atoms with E-state index in [4.69, 9.17) is 9.47 Å². The summed E-state index contributed by atoms with van der Waals surface area (Å²) in [5.74, 6) is 0.0404. The predicted molar refractivity (Wildman–Crippen MR) is 109 cm³/mol. The molecule has 0 saturated carbocycles. The maximum atomic E-state index is 13.6. The van der Waals surface area contributed by atoms with Crippen molar-refractivity contribution in [1.29, 1.82) is 0 Å². The van der Waals surface area contributed by atoms with Crippen molar-refractivity contribution in [2.45, 2.75) is 25.4 Å². The number of fused-ring (bicyclic) bond motifs is 2. The molecule has 1 saturated heterocycles. The van der Waals surface area contributed by atoms with E-state index in [1.807, 2.05) is 0 Å². The Bertz CT molecular complexity index is 1150. The van der Waals surface area contributed by atoms with Crippen LogP contribution in [0.4, 0.5) is 20.2 Å². The van der Waals surface area contributed by atoms with Gasteiger partial charge in [0.2, 0.25) is 0 Å². The van der Waals surface area contributed by atoms with Crippen molar-refractivity contribution in [3.63, 3.8) is 0 Å². The summed E-state index contributed by atoms with van der Waals surface area (Å²) in [5, 5.41) is 7.08. The Morgan fingerprint density at radius 2 is 2.10 bits per heavy atom. The Kier molecular flexibility index (Phi) is 4.73. The summed E-state index contributed by atoms with van der Waals surface area (Å²) in [6.45, 7) is 3.71. The first-order valence-corrected chi connectivity index (χ1v) is 10.0. The SMILES string of the molecule is CC1(C(F)F)Cc2cc(NC(=O)c3cnn4cccnc34)c(N3CCOCC3)cc2O1. The van der Waals surface area contributed by atoms with Gasteiger partial charge in [0, 0.05) is 43.5 Å². The summed E-state index contributed by atoms with van der Waals surface area (Å²) < 4.78 is 39.7. The average molecular weight is 429 g/mol. The highest BCUT2D eigenvalue weighted by Crippen LogP contribution is 2.44. The molecule has 0 aliphatic carbocycles. The average Bonchev–Trinajstić information content (AvgIpc) is 3.34. The highest BCUT2D eigenvalue weighted by molar-refractivity contribution is 6.09. The van der Waals surface area contributed by atoms with Crippen LogP contribution in [0.3, 0.4) is 0 Å². The molecule has 0 bridgehead atoms. The molecule has 10 heteroatoms. The van der Waals surface area contributed by atoms with E-state index in [0.29, 0.717) is 60.2 Å². The molecule has 0 spiro atoms. The summed E-state index contributed by atoms with van der Waals surface area (Å²) in [6.07, 6.45) is 2.18. The zero-order valence-corrected chi connectivity index (χ0v) is 16.8. The Morgan fingerprint density at radius 3 is 2.87 bits per heavy atom. The molecule has 1 fully saturated rings. The standard InChI is InChI=1S/C21H21F2N5O3/c1-21(20(22)23)11-13-9-15(16(10-17(13)31-21)27-5-7-30-8-6-27)26-19(29)14-12-25-28-4-2-3-24-18(14)28/h2-4,9-10,12,20H,5-8,11H2,1H3,(H,26,29). The molecule has 2 aliphatic heterocycles. The van der Waals surface area contributed by atoms with E-state index < -0.39 is 12.0 Å². The number of rotatable bonds is 4. The third-order valence-electron chi connectivity index (χ3n) is 5.65. The lowest BCUT2D eigenvalue weighted by atomic mass is 9.99. The summed E-state index contributed by atoms with van der Waals surface area (Å²) in [7, 11) is 0. The molecule has 5 rings (SSSR count). The van der Waals surface area contributed by atoms with Gasteiger partial charge >= 0.3 is 0 Å². The fourth-order valence-corrected chi connectivity index (χ4v) is 3.98. The lowest BCUT2D eigenvalue weighted by Crippen LogP contribution is -2.38. The second-order valence-corrected chi connectivity index (χ2v) is 7.87. The molecule has 162 valence electrons. The van der Waals surface area contributed by atoms with E-state index in [0.717, 1.165) is 0 Å². The fraction of sp³-hybridized carbons (Fsp3) is 0.381. The Hall–Kier alpha value is -3.27. The second kappa shape index (κ2) is 7.45. The molecule has 0 radical (unpaired) electrons. The molecule has 3 aromatic rings. The van der Waals surface area contributed by atoms with Gasteiger partial charge in [-0.05, 0) is 19.1 Å². The molecule has 1 N–H and O–H groups in total. The maximum absolute atomic E-state index is 13.6. The van der Waals surface area contributed by atoms with E-state index in [9.17, 15) is 13.6 Å². The molecule has 2 aromatic heterocycles. The molecule has 8 nitrogen and oxygen atoms in total. The number of nitrogens with one attached hydrogen (secondary N) is 1. The molecule has 1 amide bonds. The highest BCUT2D eigenvalue weighted by atomic mass is 19.3. The summed E-state index contributed by atoms with van der Waals surface area (Å²) in [6, 6.07) is 5.18. The Balaban J connectivity index is 1.52. The number of hydrogen-bond donors (Lipinski definition) is 1. The van der Waals surface area contributed by atoms with Gasteiger partial charge in [0.05, 0.1) is 30.8 Å². The smallest absolute Gasteiger partial charge is 0.277 e. The van der Waals surface area contributed by atoms with Crippen LogP contribution in [-0.2, 0) is 11.2 Å². The first-order chi connectivity index (χ1) is 14.9. The summed E-state index contributed by atoms with van der Waals surface area (Å²) in [4.78, 5) is 19.3. The van der Waals surface area contributed by atoms with Gasteiger partial charge in [-0.25, -0.2) is 18.3 Å². The topological polar surface area (TPSA) is 81.0 Å². The van der Waals surface area contributed by atoms with E-state index in [-0.39, 0.29) is 12.3 Å². The fourth-order valence-electron chi connectivity index (χ4n) is 3.98. The lowest BCUT2D eigenvalue weighted by molar-refractivity contribution is -0.0498. The summed E-state index contributed by atoms with van der Waals surface area (Å²) >= 11 is 0. The van der Waals surface area contributed by atoms with E-state index in [2.05, 4.69) is 20.3 Å². The van der Waals surface area contributed by atoms with Crippen molar-refractivity contribution in [2.24, 2.45) is 0 Å². The number of amides is 1. The minimum atomic E-state index is -2.63. The van der Waals surface area contributed by atoms with Crippen molar-refractivity contribution in [3.8, 4) is 5.75 Å². The molecule has 4 heterocycles. The quantitative estimate of drug-likeness (QED) is 0.687. The number of halogens is 2. The minimum Gasteiger partial charge on any atom is -0.481 e. The number of carbonyl (C=O) groups is 1. The number of benzene rings is 1. The zero-order valence-electron chi connectivity index (χ0n) is 16.8. The minimum absolute atomic E-state index is 0.0601. The van der Waals surface area contributed by atoms with Crippen LogP contribution in [-0.4, -0.2) is 58.8 Å². The predicted octanol–water partition coefficient (Wildman–Crippen LogP) is 2.78. The third kappa shape index (κ3) is 3.46. The number of hydrogen-bond acceptors (Lipinski definition) is 6. The van der Waals surface area contributed by atoms with Crippen LogP contribution in [0.25, 0.3) is 5.65 Å². The molecular formula is C21H21F2N5O3. The van der Waals surface area contributed by atoms with Crippen molar-refractivity contribution in [1.82, 2.24) is 14.6 Å². The van der Waals surface area contributed by atoms with Gasteiger partial charge < -0.3 is 19.7 Å². The van der Waals surface area contributed by atoms with Crippen molar-refractivity contribution < 1.29 is 23.0 Å². The number of ether oxygens (including phenoxy) is 2. The first-order valence-electron chi connectivity index (χ1n) is 10.0. The maximum Gasteiger partial charge on any atom is 0.277 e. The van der Waals surface area contributed by atoms with Crippen molar-refractivity contribution >= 4 is 22.9 Å². The second-order valence-electron chi connectivity index (χ2n) is 7.87. The van der Waals surface area contributed by atoms with Gasteiger partial charge in [-0.3, -0.25) is 4.79 Å². The highest BCUT2D eigenvalue weighted by Gasteiger charge is 2.44. The van der Waals surface area contributed by atoms with Crippen LogP contribution in [0.15, 0.2) is 36.8 Å². The lowest BCUT2D eigenvalue weighted by Gasteiger charge is -2.31. The molecule has 1 atom stereocenters. The van der Waals surface area contributed by atoms with E-state index in [1.54, 1.807) is 30.6 Å². The largest absolute Gasteiger partial charge is 0.481 e. The Labute approximate surface area is 176 Å². The van der Waals surface area contributed by atoms with Crippen LogP contribution < -0.4 is 15.0 Å². The van der Waals surface area contributed by atoms with Gasteiger partial charge in [0.25, 0.3) is 12.3 Å². The van der Waals surface area contributed by atoms with Crippen molar-refractivity contribution in [2.75, 3.05) is 36.5 Å². The molecular weight excluding hydrogens is 408 g/mol. The van der Waals surface area contributed by atoms with Gasteiger partial charge in [-0.15, -0.1) is 0 Å². The first kappa shape index (κ1) is 19.7. The van der Waals surface area contributed by atoms with Gasteiger partial charge in [-0.1, -0.05) is 0 Å². The number of alkyl halides is 2. The van der Waals surface area contributed by atoms with Gasteiger partial charge in [0.15, 0.2) is 11.2 Å². The third-order valence-corrected chi connectivity index (χ3v) is 5.65.